The van der Waals surface area contributed by atoms with Gasteiger partial charge in [0.05, 0.1) is 19.9 Å². The number of hydrogen-bond donors (Lipinski definition) is 2. The first-order chi connectivity index (χ1) is 13.2. The number of fused-ring (bicyclic) bond motifs is 1. The smallest absolute Gasteiger partial charge is 0.330 e. The van der Waals surface area contributed by atoms with Crippen molar-refractivity contribution < 1.29 is 4.74 Å². The van der Waals surface area contributed by atoms with Gasteiger partial charge in [-0.2, -0.15) is 4.98 Å². The van der Waals surface area contributed by atoms with E-state index in [2.05, 4.69) is 22.2 Å². The van der Waals surface area contributed by atoms with E-state index >= 15 is 0 Å². The summed E-state index contributed by atoms with van der Waals surface area (Å²) in [5.41, 5.74) is 7.85. The summed E-state index contributed by atoms with van der Waals surface area (Å²) in [6, 6.07) is 7.65. The fourth-order valence-corrected chi connectivity index (χ4v) is 2.96. The minimum absolute atomic E-state index is 0.133. The Balaban J connectivity index is 2.00. The normalized spacial score (nSPS) is 11.1. The van der Waals surface area contributed by atoms with Gasteiger partial charge in [-0.3, -0.25) is 9.13 Å². The van der Waals surface area contributed by atoms with E-state index in [1.807, 2.05) is 24.3 Å². The topological polar surface area (TPSA) is 100.0 Å². The molecule has 0 bridgehead atoms. The number of aromatic nitrogens is 4. The predicted octanol–water partition coefficient (Wildman–Crippen LogP) is 1.82. The number of benzene rings is 1. The monoisotopic (exact) mass is 370 g/mol. The van der Waals surface area contributed by atoms with E-state index in [-0.39, 0.29) is 5.69 Å². The van der Waals surface area contributed by atoms with Crippen LogP contribution < -0.4 is 21.5 Å². The molecule has 144 valence electrons. The summed E-state index contributed by atoms with van der Waals surface area (Å²) in [7, 11) is 1.63. The SMILES string of the molecule is CCCCNc1ncc2c(n1)n(Cc1ccc(OC)cc1)c(=O)n2CCN. The van der Waals surface area contributed by atoms with E-state index in [1.54, 1.807) is 22.4 Å². The second-order valence-electron chi connectivity index (χ2n) is 6.34. The van der Waals surface area contributed by atoms with Gasteiger partial charge in [0.1, 0.15) is 11.3 Å². The van der Waals surface area contributed by atoms with E-state index in [0.717, 1.165) is 30.7 Å². The lowest BCUT2D eigenvalue weighted by atomic mass is 10.2. The molecule has 2 heterocycles. The Morgan fingerprint density at radius 3 is 2.67 bits per heavy atom. The van der Waals surface area contributed by atoms with Crippen molar-refractivity contribution in [2.75, 3.05) is 25.5 Å². The van der Waals surface area contributed by atoms with Crippen molar-refractivity contribution in [2.45, 2.75) is 32.9 Å². The van der Waals surface area contributed by atoms with Gasteiger partial charge in [-0.05, 0) is 24.1 Å². The predicted molar refractivity (Wildman–Crippen MR) is 106 cm³/mol. The van der Waals surface area contributed by atoms with Crippen molar-refractivity contribution in [1.82, 2.24) is 19.1 Å². The molecule has 3 aromatic rings. The van der Waals surface area contributed by atoms with Crippen LogP contribution in [0.15, 0.2) is 35.3 Å². The summed E-state index contributed by atoms with van der Waals surface area (Å²) in [4.78, 5) is 21.9. The molecule has 1 aromatic carbocycles. The Hall–Kier alpha value is -2.87. The number of rotatable bonds is 9. The summed E-state index contributed by atoms with van der Waals surface area (Å²) in [6.45, 7) is 4.15. The minimum atomic E-state index is -0.133. The Labute approximate surface area is 158 Å². The Kier molecular flexibility index (Phi) is 6.08. The summed E-state index contributed by atoms with van der Waals surface area (Å²) in [5, 5.41) is 3.22. The fraction of sp³-hybridized carbons (Fsp3) is 0.421. The zero-order valence-electron chi connectivity index (χ0n) is 15.8. The zero-order valence-corrected chi connectivity index (χ0v) is 15.8. The minimum Gasteiger partial charge on any atom is -0.497 e. The highest BCUT2D eigenvalue weighted by atomic mass is 16.5. The van der Waals surface area contributed by atoms with Crippen LogP contribution in [0.25, 0.3) is 11.2 Å². The Morgan fingerprint density at radius 2 is 2.00 bits per heavy atom. The zero-order chi connectivity index (χ0) is 19.2. The summed E-state index contributed by atoms with van der Waals surface area (Å²) in [6.07, 6.45) is 3.82. The number of nitrogens with one attached hydrogen (secondary N) is 1. The summed E-state index contributed by atoms with van der Waals surface area (Å²) >= 11 is 0. The third-order valence-electron chi connectivity index (χ3n) is 4.42. The molecule has 8 nitrogen and oxygen atoms in total. The quantitative estimate of drug-likeness (QED) is 0.557. The van der Waals surface area contributed by atoms with Crippen molar-refractivity contribution in [1.29, 1.82) is 0 Å². The molecule has 0 atom stereocenters. The van der Waals surface area contributed by atoms with Gasteiger partial charge in [0.25, 0.3) is 0 Å². The van der Waals surface area contributed by atoms with Gasteiger partial charge in [0, 0.05) is 19.6 Å². The summed E-state index contributed by atoms with van der Waals surface area (Å²) in [5.74, 6) is 1.31. The first kappa shape index (κ1) is 18.9. The number of methoxy groups -OCH3 is 1. The molecule has 3 rings (SSSR count). The van der Waals surface area contributed by atoms with Crippen molar-refractivity contribution in [2.24, 2.45) is 5.73 Å². The van der Waals surface area contributed by atoms with Gasteiger partial charge in [0.2, 0.25) is 5.95 Å². The molecule has 8 heteroatoms. The number of nitrogens with two attached hydrogens (primary N) is 1. The van der Waals surface area contributed by atoms with E-state index in [0.29, 0.717) is 36.7 Å². The maximum absolute atomic E-state index is 12.9. The average molecular weight is 370 g/mol. The first-order valence-corrected chi connectivity index (χ1v) is 9.20. The molecule has 0 aliphatic heterocycles. The van der Waals surface area contributed by atoms with Gasteiger partial charge in [-0.1, -0.05) is 25.5 Å². The van der Waals surface area contributed by atoms with Gasteiger partial charge >= 0.3 is 5.69 Å². The van der Waals surface area contributed by atoms with Gasteiger partial charge < -0.3 is 15.8 Å². The number of nitrogens with zero attached hydrogens (tertiary/aromatic N) is 4. The third-order valence-corrected chi connectivity index (χ3v) is 4.42. The maximum Gasteiger partial charge on any atom is 0.330 e. The number of ether oxygens (including phenoxy) is 1. The van der Waals surface area contributed by atoms with Gasteiger partial charge in [-0.25, -0.2) is 9.78 Å². The Morgan fingerprint density at radius 1 is 1.22 bits per heavy atom. The second-order valence-corrected chi connectivity index (χ2v) is 6.34. The van der Waals surface area contributed by atoms with Crippen LogP contribution in [0.5, 0.6) is 5.75 Å². The van der Waals surface area contributed by atoms with Crippen molar-refractivity contribution in [3.8, 4) is 5.75 Å². The van der Waals surface area contributed by atoms with E-state index < -0.39 is 0 Å². The molecule has 0 spiro atoms. The number of imidazole rings is 1. The molecule has 0 aliphatic rings. The highest BCUT2D eigenvalue weighted by molar-refractivity contribution is 5.72. The maximum atomic E-state index is 12.9. The number of unbranched alkanes of at least 4 members (excludes halogenated alkanes) is 1. The molecule has 0 saturated heterocycles. The molecule has 0 unspecified atom stereocenters. The van der Waals surface area contributed by atoms with E-state index in [1.165, 1.54) is 0 Å². The highest BCUT2D eigenvalue weighted by Gasteiger charge is 2.16. The van der Waals surface area contributed by atoms with Crippen molar-refractivity contribution in [3.05, 3.63) is 46.5 Å². The lowest BCUT2D eigenvalue weighted by molar-refractivity contribution is 0.414. The third kappa shape index (κ3) is 4.11. The van der Waals surface area contributed by atoms with Crippen molar-refractivity contribution in [3.63, 3.8) is 0 Å². The summed E-state index contributed by atoms with van der Waals surface area (Å²) < 4.78 is 8.50. The van der Waals surface area contributed by atoms with Crippen molar-refractivity contribution >= 4 is 17.1 Å². The molecule has 2 aromatic heterocycles. The van der Waals surface area contributed by atoms with Crippen LogP contribution in [0, 0.1) is 0 Å². The molecule has 27 heavy (non-hydrogen) atoms. The van der Waals surface area contributed by atoms with Gasteiger partial charge in [0.15, 0.2) is 5.65 Å². The van der Waals surface area contributed by atoms with E-state index in [9.17, 15) is 4.79 Å². The van der Waals surface area contributed by atoms with Crippen LogP contribution in [-0.2, 0) is 13.1 Å². The first-order valence-electron chi connectivity index (χ1n) is 9.20. The number of hydrogen-bond acceptors (Lipinski definition) is 6. The number of anilines is 1. The molecular weight excluding hydrogens is 344 g/mol. The van der Waals surface area contributed by atoms with Crippen LogP contribution in [0.1, 0.15) is 25.3 Å². The van der Waals surface area contributed by atoms with Crippen LogP contribution in [-0.4, -0.2) is 39.3 Å². The highest BCUT2D eigenvalue weighted by Crippen LogP contribution is 2.16. The van der Waals surface area contributed by atoms with E-state index in [4.69, 9.17) is 10.5 Å². The van der Waals surface area contributed by atoms with Gasteiger partial charge in [-0.15, -0.1) is 0 Å². The molecule has 0 aliphatic carbocycles. The standard InChI is InChI=1S/C19H26N6O2/c1-3-4-10-21-18-22-12-16-17(23-18)25(19(26)24(16)11-9-20)13-14-5-7-15(27-2)8-6-14/h5-8,12H,3-4,9-11,13,20H2,1-2H3,(H,21,22,23). The van der Waals surface area contributed by atoms with Crippen LogP contribution in [0.3, 0.4) is 0 Å². The Bertz CT molecular complexity index is 945. The molecule has 0 amide bonds. The average Bonchev–Trinajstić information content (AvgIpc) is 2.94. The molecule has 0 saturated carbocycles. The molecule has 0 fully saturated rings. The lowest BCUT2D eigenvalue weighted by Gasteiger charge is -2.06. The molecular formula is C19H26N6O2. The molecule has 3 N–H and O–H groups in total. The second kappa shape index (κ2) is 8.68. The fourth-order valence-electron chi connectivity index (χ4n) is 2.96. The molecule has 0 radical (unpaired) electrons. The van der Waals surface area contributed by atoms with Crippen LogP contribution >= 0.6 is 0 Å². The van der Waals surface area contributed by atoms with Crippen LogP contribution in [0.4, 0.5) is 5.95 Å². The van der Waals surface area contributed by atoms with Crippen LogP contribution in [0.2, 0.25) is 0 Å². The largest absolute Gasteiger partial charge is 0.497 e. The lowest BCUT2D eigenvalue weighted by Crippen LogP contribution is -2.27.